The van der Waals surface area contributed by atoms with Crippen LogP contribution in [0.25, 0.3) is 11.1 Å². The average molecular weight is 351 g/mol. The molecule has 2 aromatic rings. The number of hydrogen-bond donors (Lipinski definition) is 2. The van der Waals surface area contributed by atoms with Crippen molar-refractivity contribution in [2.24, 2.45) is 5.92 Å². The molecule has 2 aliphatic rings. The zero-order valence-electron chi connectivity index (χ0n) is 15.1. The molecule has 0 aliphatic carbocycles. The number of carbonyl (C=O) groups excluding carboxylic acids is 1. The Kier molecular flexibility index (Phi) is 4.64. The summed E-state index contributed by atoms with van der Waals surface area (Å²) in [4.78, 5) is 24.4. The van der Waals surface area contributed by atoms with Crippen molar-refractivity contribution in [3.8, 4) is 11.1 Å². The normalized spacial score (nSPS) is 21.1. The lowest BCUT2D eigenvalue weighted by molar-refractivity contribution is -0.120. The summed E-state index contributed by atoms with van der Waals surface area (Å²) >= 11 is 0. The molecule has 1 aromatic heterocycles. The third-order valence-electron chi connectivity index (χ3n) is 5.59. The molecule has 3 heterocycles. The number of carbonyl (C=O) groups is 1. The highest BCUT2D eigenvalue weighted by Gasteiger charge is 2.31. The molecule has 0 radical (unpaired) electrons. The number of nitrogens with one attached hydrogen (secondary N) is 2. The molecule has 5 nitrogen and oxygen atoms in total. The summed E-state index contributed by atoms with van der Waals surface area (Å²) in [6.07, 6.45) is 1.63. The minimum absolute atomic E-state index is 0.0321. The molecule has 2 aliphatic heterocycles. The van der Waals surface area contributed by atoms with Gasteiger partial charge in [-0.2, -0.15) is 0 Å². The number of fused-ring (bicyclic) bond motifs is 4. The molecule has 2 bridgehead atoms. The second kappa shape index (κ2) is 7.08. The first-order chi connectivity index (χ1) is 12.7. The standard InChI is InChI=1S/C21H25N3O2/c1-2-20(25)23-12-15-5-3-4-6-18(15)16-8-19-17-7-14(10-22-11-17)13-24(19)21(26)9-16/h3-6,8-9,14,17,22H,2,7,10-13H2,1H3,(H,23,25)/t14-,17+/m0/s1. The first-order valence-corrected chi connectivity index (χ1v) is 9.46. The molecule has 1 saturated heterocycles. The van der Waals surface area contributed by atoms with Crippen LogP contribution in [-0.2, 0) is 17.9 Å². The number of pyridine rings is 1. The number of nitrogens with zero attached hydrogens (tertiary/aromatic N) is 1. The van der Waals surface area contributed by atoms with Gasteiger partial charge in [-0.05, 0) is 41.6 Å². The van der Waals surface area contributed by atoms with Crippen LogP contribution in [0.5, 0.6) is 0 Å². The Morgan fingerprint density at radius 1 is 1.27 bits per heavy atom. The van der Waals surface area contributed by atoms with E-state index in [1.165, 1.54) is 0 Å². The van der Waals surface area contributed by atoms with E-state index < -0.39 is 0 Å². The van der Waals surface area contributed by atoms with E-state index in [-0.39, 0.29) is 11.5 Å². The van der Waals surface area contributed by atoms with Crippen molar-refractivity contribution in [1.82, 2.24) is 15.2 Å². The Balaban J connectivity index is 1.72. The number of benzene rings is 1. The van der Waals surface area contributed by atoms with Crippen LogP contribution in [0.15, 0.2) is 41.2 Å². The van der Waals surface area contributed by atoms with Crippen LogP contribution in [0.4, 0.5) is 0 Å². The van der Waals surface area contributed by atoms with Crippen molar-refractivity contribution < 1.29 is 4.79 Å². The summed E-state index contributed by atoms with van der Waals surface area (Å²) in [6.45, 7) is 5.08. The first kappa shape index (κ1) is 17.0. The van der Waals surface area contributed by atoms with Crippen molar-refractivity contribution >= 4 is 5.91 Å². The van der Waals surface area contributed by atoms with Crippen LogP contribution < -0.4 is 16.2 Å². The lowest BCUT2D eigenvalue weighted by atomic mass is 9.83. The minimum atomic E-state index is 0.0321. The van der Waals surface area contributed by atoms with Gasteiger partial charge in [0.25, 0.3) is 5.56 Å². The van der Waals surface area contributed by atoms with Gasteiger partial charge in [0.2, 0.25) is 5.91 Å². The van der Waals surface area contributed by atoms with E-state index >= 15 is 0 Å². The predicted octanol–water partition coefficient (Wildman–Crippen LogP) is 2.25. The van der Waals surface area contributed by atoms with E-state index in [1.54, 1.807) is 6.07 Å². The monoisotopic (exact) mass is 351 g/mol. The second-order valence-corrected chi connectivity index (χ2v) is 7.36. The fourth-order valence-corrected chi connectivity index (χ4v) is 4.23. The molecule has 0 saturated carbocycles. The third-order valence-corrected chi connectivity index (χ3v) is 5.59. The van der Waals surface area contributed by atoms with Crippen LogP contribution in [0.1, 0.15) is 36.9 Å². The number of hydrogen-bond acceptors (Lipinski definition) is 3. The smallest absolute Gasteiger partial charge is 0.251 e. The van der Waals surface area contributed by atoms with E-state index in [9.17, 15) is 9.59 Å². The maximum Gasteiger partial charge on any atom is 0.251 e. The van der Waals surface area contributed by atoms with Crippen LogP contribution in [0.3, 0.4) is 0 Å². The van der Waals surface area contributed by atoms with E-state index in [2.05, 4.69) is 16.7 Å². The minimum Gasteiger partial charge on any atom is -0.352 e. The second-order valence-electron chi connectivity index (χ2n) is 7.36. The SMILES string of the molecule is CCC(=O)NCc1ccccc1-c1cc2n(c(=O)c1)C[C@@H]1CNC[C@H]2C1. The lowest BCUT2D eigenvalue weighted by Gasteiger charge is -2.37. The molecular weight excluding hydrogens is 326 g/mol. The van der Waals surface area contributed by atoms with Gasteiger partial charge < -0.3 is 15.2 Å². The molecule has 0 spiro atoms. The molecule has 1 aromatic carbocycles. The topological polar surface area (TPSA) is 63.1 Å². The van der Waals surface area contributed by atoms with Crippen LogP contribution in [0.2, 0.25) is 0 Å². The van der Waals surface area contributed by atoms with Crippen molar-refractivity contribution in [2.45, 2.75) is 38.8 Å². The molecule has 4 rings (SSSR count). The van der Waals surface area contributed by atoms with E-state index in [4.69, 9.17) is 0 Å². The number of rotatable bonds is 4. The summed E-state index contributed by atoms with van der Waals surface area (Å²) in [5, 5.41) is 6.43. The maximum atomic E-state index is 12.8. The van der Waals surface area contributed by atoms with Gasteiger partial charge in [0, 0.05) is 43.7 Å². The van der Waals surface area contributed by atoms with Gasteiger partial charge in [-0.15, -0.1) is 0 Å². The van der Waals surface area contributed by atoms with E-state index in [0.29, 0.717) is 24.8 Å². The Morgan fingerprint density at radius 3 is 2.96 bits per heavy atom. The summed E-state index contributed by atoms with van der Waals surface area (Å²) in [6, 6.07) is 11.9. The summed E-state index contributed by atoms with van der Waals surface area (Å²) in [7, 11) is 0. The van der Waals surface area contributed by atoms with Gasteiger partial charge in [-0.1, -0.05) is 31.2 Å². The Morgan fingerprint density at radius 2 is 2.12 bits per heavy atom. The van der Waals surface area contributed by atoms with Crippen molar-refractivity contribution in [3.05, 3.63) is 58.0 Å². The molecule has 5 heteroatoms. The average Bonchev–Trinajstić information content (AvgIpc) is 2.67. The fraction of sp³-hybridized carbons (Fsp3) is 0.429. The number of amides is 1. The molecule has 1 amide bonds. The Labute approximate surface area is 153 Å². The van der Waals surface area contributed by atoms with E-state index in [0.717, 1.165) is 48.4 Å². The summed E-state index contributed by atoms with van der Waals surface area (Å²) < 4.78 is 1.96. The molecule has 26 heavy (non-hydrogen) atoms. The molecule has 136 valence electrons. The molecular formula is C21H25N3O2. The highest BCUT2D eigenvalue weighted by molar-refractivity contribution is 5.76. The molecule has 1 fully saturated rings. The zero-order chi connectivity index (χ0) is 18.1. The molecule has 0 unspecified atom stereocenters. The van der Waals surface area contributed by atoms with Crippen LogP contribution >= 0.6 is 0 Å². The predicted molar refractivity (Wildman–Crippen MR) is 102 cm³/mol. The van der Waals surface area contributed by atoms with Gasteiger partial charge in [0.1, 0.15) is 0 Å². The van der Waals surface area contributed by atoms with Crippen molar-refractivity contribution in [1.29, 1.82) is 0 Å². The third kappa shape index (κ3) is 3.19. The van der Waals surface area contributed by atoms with Crippen LogP contribution in [-0.4, -0.2) is 23.6 Å². The van der Waals surface area contributed by atoms with Crippen molar-refractivity contribution in [2.75, 3.05) is 13.1 Å². The highest BCUT2D eigenvalue weighted by Crippen LogP contribution is 2.34. The van der Waals surface area contributed by atoms with Gasteiger partial charge in [-0.3, -0.25) is 9.59 Å². The molecule has 2 N–H and O–H groups in total. The fourth-order valence-electron chi connectivity index (χ4n) is 4.23. The van der Waals surface area contributed by atoms with Gasteiger partial charge in [0.05, 0.1) is 0 Å². The zero-order valence-corrected chi connectivity index (χ0v) is 15.1. The number of piperidine rings is 1. The van der Waals surface area contributed by atoms with Crippen molar-refractivity contribution in [3.63, 3.8) is 0 Å². The number of aromatic nitrogens is 1. The van der Waals surface area contributed by atoms with Gasteiger partial charge in [0.15, 0.2) is 0 Å². The Hall–Kier alpha value is -2.40. The Bertz CT molecular complexity index is 887. The first-order valence-electron chi connectivity index (χ1n) is 9.46. The lowest BCUT2D eigenvalue weighted by Crippen LogP contribution is -2.44. The summed E-state index contributed by atoms with van der Waals surface area (Å²) in [5.41, 5.74) is 4.24. The van der Waals surface area contributed by atoms with E-state index in [1.807, 2.05) is 35.8 Å². The van der Waals surface area contributed by atoms with Gasteiger partial charge >= 0.3 is 0 Å². The van der Waals surface area contributed by atoms with Gasteiger partial charge in [-0.25, -0.2) is 0 Å². The van der Waals surface area contributed by atoms with Crippen LogP contribution in [0, 0.1) is 5.92 Å². The highest BCUT2D eigenvalue weighted by atomic mass is 16.1. The maximum absolute atomic E-state index is 12.8. The quantitative estimate of drug-likeness (QED) is 0.888. The largest absolute Gasteiger partial charge is 0.352 e. The summed E-state index contributed by atoms with van der Waals surface area (Å²) in [5.74, 6) is 0.994. The molecule has 2 atom stereocenters.